The van der Waals surface area contributed by atoms with Crippen LogP contribution in [-0.4, -0.2) is 68.6 Å². The molecule has 0 saturated carbocycles. The minimum absolute atomic E-state index is 0.00462. The highest BCUT2D eigenvalue weighted by Gasteiger charge is 2.21. The van der Waals surface area contributed by atoms with Crippen LogP contribution in [0, 0.1) is 5.82 Å². The Labute approximate surface area is 160 Å². The third kappa shape index (κ3) is 6.92. The van der Waals surface area contributed by atoms with Gasteiger partial charge in [0.15, 0.2) is 5.78 Å². The number of piperazine rings is 1. The Kier molecular flexibility index (Phi) is 8.19. The minimum Gasteiger partial charge on any atom is -0.379 e. The van der Waals surface area contributed by atoms with E-state index in [1.807, 2.05) is 18.7 Å². The number of nitrogens with one attached hydrogen (secondary N) is 1. The molecule has 150 valence electrons. The Morgan fingerprint density at radius 2 is 1.93 bits per heavy atom. The van der Waals surface area contributed by atoms with Crippen LogP contribution in [0.2, 0.25) is 0 Å². The fourth-order valence-electron chi connectivity index (χ4n) is 3.01. The maximum absolute atomic E-state index is 14.3. The third-order valence-electron chi connectivity index (χ3n) is 4.53. The molecule has 27 heavy (non-hydrogen) atoms. The number of carbonyl (C=O) groups is 2. The molecule has 7 heteroatoms. The summed E-state index contributed by atoms with van der Waals surface area (Å²) in [7, 11) is 0. The van der Waals surface area contributed by atoms with E-state index in [0.717, 1.165) is 6.42 Å². The van der Waals surface area contributed by atoms with Crippen LogP contribution in [0.5, 0.6) is 0 Å². The molecule has 0 bridgehead atoms. The molecule has 0 aliphatic carbocycles. The van der Waals surface area contributed by atoms with Crippen LogP contribution in [-0.2, 0) is 9.53 Å². The van der Waals surface area contributed by atoms with Gasteiger partial charge >= 0.3 is 0 Å². The van der Waals surface area contributed by atoms with Crippen molar-refractivity contribution in [1.82, 2.24) is 10.2 Å². The van der Waals surface area contributed by atoms with Gasteiger partial charge in [0.1, 0.15) is 5.82 Å². The van der Waals surface area contributed by atoms with Crippen molar-refractivity contribution in [3.8, 4) is 0 Å². The van der Waals surface area contributed by atoms with Crippen LogP contribution >= 0.6 is 0 Å². The van der Waals surface area contributed by atoms with E-state index in [-0.39, 0.29) is 23.6 Å². The topological polar surface area (TPSA) is 61.9 Å². The molecule has 1 saturated heterocycles. The Balaban J connectivity index is 1.72. The van der Waals surface area contributed by atoms with Gasteiger partial charge in [-0.15, -0.1) is 0 Å². The molecule has 1 amide bonds. The van der Waals surface area contributed by atoms with Gasteiger partial charge in [0.05, 0.1) is 18.3 Å². The summed E-state index contributed by atoms with van der Waals surface area (Å²) in [5.74, 6) is -0.519. The van der Waals surface area contributed by atoms with Crippen molar-refractivity contribution in [2.75, 3.05) is 50.8 Å². The van der Waals surface area contributed by atoms with Crippen molar-refractivity contribution >= 4 is 17.4 Å². The van der Waals surface area contributed by atoms with E-state index in [2.05, 4.69) is 10.2 Å². The first-order valence-corrected chi connectivity index (χ1v) is 9.53. The van der Waals surface area contributed by atoms with Gasteiger partial charge in [-0.25, -0.2) is 4.39 Å². The number of benzene rings is 1. The summed E-state index contributed by atoms with van der Waals surface area (Å²) in [6.07, 6.45) is 1.01. The van der Waals surface area contributed by atoms with Gasteiger partial charge < -0.3 is 15.0 Å². The van der Waals surface area contributed by atoms with Crippen LogP contribution in [0.25, 0.3) is 0 Å². The summed E-state index contributed by atoms with van der Waals surface area (Å²) >= 11 is 0. The molecule has 1 aliphatic heterocycles. The lowest BCUT2D eigenvalue weighted by molar-refractivity contribution is -0.122. The molecule has 0 radical (unpaired) electrons. The lowest BCUT2D eigenvalue weighted by Gasteiger charge is -2.35. The van der Waals surface area contributed by atoms with Crippen molar-refractivity contribution in [2.45, 2.75) is 33.3 Å². The molecule has 1 heterocycles. The van der Waals surface area contributed by atoms with E-state index in [4.69, 9.17) is 4.74 Å². The van der Waals surface area contributed by atoms with Crippen LogP contribution in [0.4, 0.5) is 10.1 Å². The molecule has 1 aromatic carbocycles. The normalized spacial score (nSPS) is 15.2. The molecule has 1 aromatic rings. The molecule has 0 atom stereocenters. The lowest BCUT2D eigenvalue weighted by Crippen LogP contribution is -2.49. The molecule has 0 unspecified atom stereocenters. The number of nitrogens with zero attached hydrogens (tertiary/aromatic N) is 2. The highest BCUT2D eigenvalue weighted by Crippen LogP contribution is 2.22. The van der Waals surface area contributed by atoms with Crippen LogP contribution in [0.3, 0.4) is 0 Å². The minimum atomic E-state index is -0.377. The summed E-state index contributed by atoms with van der Waals surface area (Å²) in [5, 5.41) is 2.91. The molecule has 1 aliphatic rings. The fraction of sp³-hybridized carbons (Fsp3) is 0.600. The SMILES string of the molecule is CC(=O)c1ccc(N2CCN(CC(=O)NCCCOC(C)C)CC2)c(F)c1. The van der Waals surface area contributed by atoms with Crippen LogP contribution < -0.4 is 10.2 Å². The lowest BCUT2D eigenvalue weighted by atomic mass is 10.1. The number of rotatable bonds is 9. The maximum Gasteiger partial charge on any atom is 0.234 e. The van der Waals surface area contributed by atoms with Crippen LogP contribution in [0.15, 0.2) is 18.2 Å². The van der Waals surface area contributed by atoms with Crippen LogP contribution in [0.1, 0.15) is 37.6 Å². The van der Waals surface area contributed by atoms with Gasteiger partial charge in [-0.1, -0.05) is 0 Å². The largest absolute Gasteiger partial charge is 0.379 e. The number of ether oxygens (including phenoxy) is 1. The average Bonchev–Trinajstić information content (AvgIpc) is 2.62. The smallest absolute Gasteiger partial charge is 0.234 e. The molecule has 6 nitrogen and oxygen atoms in total. The number of amides is 1. The second-order valence-corrected chi connectivity index (χ2v) is 7.11. The molecule has 0 aromatic heterocycles. The van der Waals surface area contributed by atoms with E-state index < -0.39 is 0 Å². The van der Waals surface area contributed by atoms with Crippen molar-refractivity contribution in [3.05, 3.63) is 29.6 Å². The molecule has 0 spiro atoms. The zero-order valence-corrected chi connectivity index (χ0v) is 16.5. The summed E-state index contributed by atoms with van der Waals surface area (Å²) < 4.78 is 19.7. The second-order valence-electron chi connectivity index (χ2n) is 7.11. The number of hydrogen-bond acceptors (Lipinski definition) is 5. The summed E-state index contributed by atoms with van der Waals surface area (Å²) in [6.45, 7) is 9.68. The predicted molar refractivity (Wildman–Crippen MR) is 104 cm³/mol. The number of anilines is 1. The molecule has 2 rings (SSSR count). The Hall–Kier alpha value is -1.99. The molecular weight excluding hydrogens is 349 g/mol. The van der Waals surface area contributed by atoms with Gasteiger partial charge in [-0.2, -0.15) is 0 Å². The summed E-state index contributed by atoms with van der Waals surface area (Å²) in [6, 6.07) is 4.61. The number of Topliss-reactive ketones (excluding diaryl/α,β-unsaturated/α-hetero) is 1. The van der Waals surface area contributed by atoms with Gasteiger partial charge in [0.2, 0.25) is 5.91 Å². The number of ketones is 1. The standard InChI is InChI=1S/C20H30FN3O3/c1-15(2)27-12-4-7-22-20(26)14-23-8-10-24(11-9-23)19-6-5-17(16(3)25)13-18(19)21/h5-6,13,15H,4,7-12,14H2,1-3H3,(H,22,26). The fourth-order valence-corrected chi connectivity index (χ4v) is 3.01. The summed E-state index contributed by atoms with van der Waals surface area (Å²) in [5.41, 5.74) is 0.889. The summed E-state index contributed by atoms with van der Waals surface area (Å²) in [4.78, 5) is 27.4. The first-order valence-electron chi connectivity index (χ1n) is 9.53. The molecular formula is C20H30FN3O3. The predicted octanol–water partition coefficient (Wildman–Crippen LogP) is 2.08. The van der Waals surface area contributed by atoms with Gasteiger partial charge in [-0.05, 0) is 45.4 Å². The second kappa shape index (κ2) is 10.4. The zero-order valence-electron chi connectivity index (χ0n) is 16.5. The molecule has 1 N–H and O–H groups in total. The van der Waals surface area contributed by atoms with E-state index >= 15 is 0 Å². The monoisotopic (exact) mass is 379 g/mol. The zero-order chi connectivity index (χ0) is 19.8. The van der Waals surface area contributed by atoms with Gasteiger partial charge in [0, 0.05) is 44.9 Å². The number of hydrogen-bond donors (Lipinski definition) is 1. The van der Waals surface area contributed by atoms with E-state index in [9.17, 15) is 14.0 Å². The maximum atomic E-state index is 14.3. The highest BCUT2D eigenvalue weighted by atomic mass is 19.1. The molecule has 1 fully saturated rings. The Bertz CT molecular complexity index is 643. The highest BCUT2D eigenvalue weighted by molar-refractivity contribution is 5.94. The van der Waals surface area contributed by atoms with E-state index in [0.29, 0.717) is 57.1 Å². The van der Waals surface area contributed by atoms with Crippen molar-refractivity contribution in [3.63, 3.8) is 0 Å². The van der Waals surface area contributed by atoms with Gasteiger partial charge in [-0.3, -0.25) is 14.5 Å². The Morgan fingerprint density at radius 3 is 2.52 bits per heavy atom. The number of carbonyl (C=O) groups excluding carboxylic acids is 2. The van der Waals surface area contributed by atoms with Crippen molar-refractivity contribution < 1.29 is 18.7 Å². The van der Waals surface area contributed by atoms with Gasteiger partial charge in [0.25, 0.3) is 0 Å². The Morgan fingerprint density at radius 1 is 1.22 bits per heavy atom. The van der Waals surface area contributed by atoms with E-state index in [1.54, 1.807) is 12.1 Å². The first-order chi connectivity index (χ1) is 12.9. The van der Waals surface area contributed by atoms with Crippen molar-refractivity contribution in [1.29, 1.82) is 0 Å². The van der Waals surface area contributed by atoms with Crippen molar-refractivity contribution in [2.24, 2.45) is 0 Å². The first kappa shape index (κ1) is 21.3. The number of halogens is 1. The average molecular weight is 379 g/mol. The van der Waals surface area contributed by atoms with E-state index in [1.165, 1.54) is 13.0 Å². The quantitative estimate of drug-likeness (QED) is 0.526. The third-order valence-corrected chi connectivity index (χ3v) is 4.53.